The minimum atomic E-state index is 0.494. The molecule has 2 fully saturated rings. The van der Waals surface area contributed by atoms with Crippen LogP contribution in [0.1, 0.15) is 32.6 Å². The van der Waals surface area contributed by atoms with Crippen LogP contribution in [-0.4, -0.2) is 39.0 Å². The van der Waals surface area contributed by atoms with E-state index in [0.717, 1.165) is 44.7 Å². The van der Waals surface area contributed by atoms with Crippen LogP contribution in [0, 0.1) is 11.8 Å². The highest BCUT2D eigenvalue weighted by molar-refractivity contribution is 4.84. The summed E-state index contributed by atoms with van der Waals surface area (Å²) < 4.78 is 11.4. The van der Waals surface area contributed by atoms with Gasteiger partial charge in [0.1, 0.15) is 0 Å². The van der Waals surface area contributed by atoms with Crippen molar-refractivity contribution >= 4 is 0 Å². The van der Waals surface area contributed by atoms with Crippen molar-refractivity contribution in [2.45, 2.75) is 38.7 Å². The third kappa shape index (κ3) is 3.19. The van der Waals surface area contributed by atoms with Gasteiger partial charge in [-0.15, -0.1) is 0 Å². The molecular formula is C13H25NO2. The maximum absolute atomic E-state index is 5.94. The summed E-state index contributed by atoms with van der Waals surface area (Å²) >= 11 is 0. The van der Waals surface area contributed by atoms with Gasteiger partial charge >= 0.3 is 0 Å². The molecule has 0 aromatic rings. The summed E-state index contributed by atoms with van der Waals surface area (Å²) in [5.41, 5.74) is 0. The second-order valence-electron chi connectivity index (χ2n) is 5.04. The van der Waals surface area contributed by atoms with Crippen LogP contribution in [0.3, 0.4) is 0 Å². The molecule has 2 unspecified atom stereocenters. The fourth-order valence-corrected chi connectivity index (χ4v) is 2.90. The molecule has 2 heterocycles. The van der Waals surface area contributed by atoms with Crippen LogP contribution in [0.4, 0.5) is 0 Å². The third-order valence-electron chi connectivity index (χ3n) is 3.83. The van der Waals surface area contributed by atoms with E-state index in [4.69, 9.17) is 9.47 Å². The second kappa shape index (κ2) is 6.58. The van der Waals surface area contributed by atoms with Crippen LogP contribution < -0.4 is 5.32 Å². The second-order valence-corrected chi connectivity index (χ2v) is 5.04. The standard InChI is InChI=1S/C13H25NO2/c1-2-6-14-10-12-5-9-16-13(12)11-3-7-15-8-4-11/h11-14H,2-10H2,1H3. The topological polar surface area (TPSA) is 30.5 Å². The highest BCUT2D eigenvalue weighted by Crippen LogP contribution is 2.32. The first-order valence-corrected chi connectivity index (χ1v) is 6.82. The quantitative estimate of drug-likeness (QED) is 0.727. The molecule has 2 atom stereocenters. The molecule has 0 bridgehead atoms. The van der Waals surface area contributed by atoms with Gasteiger partial charge in [0.05, 0.1) is 6.10 Å². The molecule has 2 saturated heterocycles. The Morgan fingerprint density at radius 1 is 1.12 bits per heavy atom. The molecule has 16 heavy (non-hydrogen) atoms. The summed E-state index contributed by atoms with van der Waals surface area (Å²) in [5, 5.41) is 3.53. The van der Waals surface area contributed by atoms with Gasteiger partial charge in [0.15, 0.2) is 0 Å². The van der Waals surface area contributed by atoms with Gasteiger partial charge in [0.2, 0.25) is 0 Å². The molecule has 0 amide bonds. The van der Waals surface area contributed by atoms with Crippen LogP contribution in [0.15, 0.2) is 0 Å². The maximum atomic E-state index is 5.94. The summed E-state index contributed by atoms with van der Waals surface area (Å²) in [4.78, 5) is 0. The molecule has 1 N–H and O–H groups in total. The Kier molecular flexibility index (Phi) is 5.07. The van der Waals surface area contributed by atoms with Gasteiger partial charge in [-0.25, -0.2) is 0 Å². The van der Waals surface area contributed by atoms with E-state index in [1.165, 1.54) is 25.7 Å². The van der Waals surface area contributed by atoms with Crippen LogP contribution in [0.25, 0.3) is 0 Å². The zero-order valence-corrected chi connectivity index (χ0v) is 10.4. The SMILES string of the molecule is CCCNCC1CCOC1C1CCOCC1. The van der Waals surface area contributed by atoms with Crippen molar-refractivity contribution in [3.63, 3.8) is 0 Å². The molecular weight excluding hydrogens is 202 g/mol. The largest absolute Gasteiger partial charge is 0.381 e. The van der Waals surface area contributed by atoms with Gasteiger partial charge in [-0.1, -0.05) is 6.92 Å². The Morgan fingerprint density at radius 2 is 1.94 bits per heavy atom. The smallest absolute Gasteiger partial charge is 0.0646 e. The number of hydrogen-bond acceptors (Lipinski definition) is 3. The monoisotopic (exact) mass is 227 g/mol. The lowest BCUT2D eigenvalue weighted by Gasteiger charge is -2.30. The van der Waals surface area contributed by atoms with Crippen molar-refractivity contribution in [2.75, 3.05) is 32.9 Å². The fraction of sp³-hybridized carbons (Fsp3) is 1.00. The number of rotatable bonds is 5. The van der Waals surface area contributed by atoms with Gasteiger partial charge < -0.3 is 14.8 Å². The molecule has 2 aliphatic rings. The van der Waals surface area contributed by atoms with E-state index in [9.17, 15) is 0 Å². The van der Waals surface area contributed by atoms with Crippen molar-refractivity contribution in [3.05, 3.63) is 0 Å². The summed E-state index contributed by atoms with van der Waals surface area (Å²) in [7, 11) is 0. The number of nitrogens with one attached hydrogen (secondary N) is 1. The molecule has 0 saturated carbocycles. The lowest BCUT2D eigenvalue weighted by Crippen LogP contribution is -2.36. The lowest BCUT2D eigenvalue weighted by molar-refractivity contribution is -0.0186. The van der Waals surface area contributed by atoms with E-state index in [-0.39, 0.29) is 0 Å². The first-order chi connectivity index (χ1) is 7.92. The van der Waals surface area contributed by atoms with Gasteiger partial charge in [-0.3, -0.25) is 0 Å². The van der Waals surface area contributed by atoms with Crippen LogP contribution in [-0.2, 0) is 9.47 Å². The molecule has 0 aromatic carbocycles. The van der Waals surface area contributed by atoms with E-state index < -0.39 is 0 Å². The van der Waals surface area contributed by atoms with Gasteiger partial charge in [-0.05, 0) is 38.1 Å². The Balaban J connectivity index is 1.77. The summed E-state index contributed by atoms with van der Waals surface area (Å²) in [5.74, 6) is 1.47. The summed E-state index contributed by atoms with van der Waals surface area (Å²) in [6.07, 6.45) is 5.33. The highest BCUT2D eigenvalue weighted by Gasteiger charge is 2.35. The van der Waals surface area contributed by atoms with Crippen molar-refractivity contribution in [3.8, 4) is 0 Å². The summed E-state index contributed by atoms with van der Waals surface area (Å²) in [6, 6.07) is 0. The van der Waals surface area contributed by atoms with Crippen molar-refractivity contribution in [1.29, 1.82) is 0 Å². The average Bonchev–Trinajstić information content (AvgIpc) is 2.79. The fourth-order valence-electron chi connectivity index (χ4n) is 2.90. The Hall–Kier alpha value is -0.120. The normalized spacial score (nSPS) is 32.1. The third-order valence-corrected chi connectivity index (χ3v) is 3.83. The zero-order valence-electron chi connectivity index (χ0n) is 10.4. The van der Waals surface area contributed by atoms with E-state index in [1.807, 2.05) is 0 Å². The molecule has 3 heteroatoms. The Morgan fingerprint density at radius 3 is 2.69 bits per heavy atom. The first-order valence-electron chi connectivity index (χ1n) is 6.82. The van der Waals surface area contributed by atoms with Gasteiger partial charge in [0, 0.05) is 32.3 Å². The van der Waals surface area contributed by atoms with E-state index in [2.05, 4.69) is 12.2 Å². The molecule has 0 spiro atoms. The minimum Gasteiger partial charge on any atom is -0.381 e. The van der Waals surface area contributed by atoms with E-state index >= 15 is 0 Å². The molecule has 0 radical (unpaired) electrons. The van der Waals surface area contributed by atoms with Crippen molar-refractivity contribution in [2.24, 2.45) is 11.8 Å². The molecule has 94 valence electrons. The van der Waals surface area contributed by atoms with E-state index in [1.54, 1.807) is 0 Å². The molecule has 0 aromatic heterocycles. The van der Waals surface area contributed by atoms with Crippen molar-refractivity contribution in [1.82, 2.24) is 5.32 Å². The minimum absolute atomic E-state index is 0.494. The maximum Gasteiger partial charge on any atom is 0.0646 e. The summed E-state index contributed by atoms with van der Waals surface area (Å²) in [6.45, 7) is 7.31. The molecule has 2 rings (SSSR count). The Bertz CT molecular complexity index is 192. The lowest BCUT2D eigenvalue weighted by atomic mass is 9.85. The van der Waals surface area contributed by atoms with Gasteiger partial charge in [-0.2, -0.15) is 0 Å². The molecule has 0 aliphatic carbocycles. The van der Waals surface area contributed by atoms with E-state index in [0.29, 0.717) is 6.10 Å². The first kappa shape index (κ1) is 12.3. The molecule has 3 nitrogen and oxygen atoms in total. The van der Waals surface area contributed by atoms with Crippen molar-refractivity contribution < 1.29 is 9.47 Å². The van der Waals surface area contributed by atoms with Crippen LogP contribution in [0.5, 0.6) is 0 Å². The molecule has 2 aliphatic heterocycles. The number of hydrogen-bond donors (Lipinski definition) is 1. The zero-order chi connectivity index (χ0) is 11.2. The predicted octanol–water partition coefficient (Wildman–Crippen LogP) is 1.82. The average molecular weight is 227 g/mol. The van der Waals surface area contributed by atoms with Crippen LogP contribution >= 0.6 is 0 Å². The number of ether oxygens (including phenoxy) is 2. The predicted molar refractivity (Wildman–Crippen MR) is 64.6 cm³/mol. The Labute approximate surface area is 98.9 Å². The van der Waals surface area contributed by atoms with Crippen LogP contribution in [0.2, 0.25) is 0 Å². The highest BCUT2D eigenvalue weighted by atomic mass is 16.5. The van der Waals surface area contributed by atoms with Gasteiger partial charge in [0.25, 0.3) is 0 Å².